The van der Waals surface area contributed by atoms with Gasteiger partial charge in [-0.05, 0) is 83.9 Å². The highest BCUT2D eigenvalue weighted by Crippen LogP contribution is 2.58. The molecule has 0 bridgehead atoms. The summed E-state index contributed by atoms with van der Waals surface area (Å²) in [7, 11) is 0. The molecule has 0 aromatic heterocycles. The lowest BCUT2D eigenvalue weighted by atomic mass is 9.63. The molecule has 3 aliphatic carbocycles. The maximum Gasteiger partial charge on any atom is 0.137 e. The second kappa shape index (κ2) is 9.58. The quantitative estimate of drug-likeness (QED) is 0.321. The number of carbonyl (C=O) groups excluding carboxylic acids is 1. The molecule has 2 aromatic rings. The van der Waals surface area contributed by atoms with Crippen molar-refractivity contribution in [2.24, 2.45) is 17.3 Å². The lowest BCUT2D eigenvalue weighted by Crippen LogP contribution is -2.34. The van der Waals surface area contributed by atoms with Gasteiger partial charge in [-0.15, -0.1) is 11.8 Å². The van der Waals surface area contributed by atoms with Crippen LogP contribution in [0.1, 0.15) is 56.3 Å². The number of allylic oxidation sites excluding steroid dienone is 4. The molecule has 4 atom stereocenters. The first-order chi connectivity index (χ1) is 17.6. The Morgan fingerprint density at radius 3 is 2.56 bits per heavy atom. The Balaban J connectivity index is 1.42. The van der Waals surface area contributed by atoms with Crippen molar-refractivity contribution in [2.75, 3.05) is 12.9 Å². The van der Waals surface area contributed by atoms with Crippen molar-refractivity contribution in [3.8, 4) is 11.8 Å². The van der Waals surface area contributed by atoms with Gasteiger partial charge in [0.1, 0.15) is 11.9 Å². The van der Waals surface area contributed by atoms with Crippen molar-refractivity contribution in [3.05, 3.63) is 100 Å². The summed E-state index contributed by atoms with van der Waals surface area (Å²) in [5, 5.41) is 0. The smallest absolute Gasteiger partial charge is 0.137 e. The summed E-state index contributed by atoms with van der Waals surface area (Å²) in [5.74, 6) is 8.17. The molecule has 0 N–H and O–H groups in total. The molecule has 0 spiro atoms. The maximum absolute atomic E-state index is 12.3. The number of fused-ring (bicyclic) bond motifs is 4. The third-order valence-corrected chi connectivity index (χ3v) is 9.40. The number of thioether (sulfide) groups is 1. The molecule has 0 radical (unpaired) electrons. The van der Waals surface area contributed by atoms with Crippen molar-refractivity contribution in [2.45, 2.75) is 50.0 Å². The summed E-state index contributed by atoms with van der Waals surface area (Å²) < 4.78 is 6.92. The minimum Gasteiger partial charge on any atom is -0.368 e. The van der Waals surface area contributed by atoms with E-state index in [0.717, 1.165) is 24.8 Å². The van der Waals surface area contributed by atoms with Crippen molar-refractivity contribution < 1.29 is 9.53 Å². The summed E-state index contributed by atoms with van der Waals surface area (Å²) in [5.41, 5.74) is 7.46. The average molecular weight is 493 g/mol. The number of benzene rings is 2. The van der Waals surface area contributed by atoms with Crippen LogP contribution in [0.5, 0.6) is 0 Å². The van der Waals surface area contributed by atoms with Crippen LogP contribution >= 0.6 is 11.8 Å². The van der Waals surface area contributed by atoms with Gasteiger partial charge in [0.15, 0.2) is 0 Å². The van der Waals surface area contributed by atoms with Crippen LogP contribution in [0.3, 0.4) is 0 Å². The predicted molar refractivity (Wildman–Crippen MR) is 147 cm³/mol. The van der Waals surface area contributed by atoms with Crippen molar-refractivity contribution in [1.82, 2.24) is 0 Å². The lowest BCUT2D eigenvalue weighted by molar-refractivity contribution is -0.118. The molecule has 1 heterocycles. The zero-order valence-electron chi connectivity index (χ0n) is 21.1. The molecule has 0 amide bonds. The first-order valence-electron chi connectivity index (χ1n) is 13.0. The Bertz CT molecular complexity index is 1340. The molecule has 2 unspecified atom stereocenters. The molecule has 2 aromatic carbocycles. The second-order valence-corrected chi connectivity index (χ2v) is 11.6. The number of Topliss-reactive ketones (excluding diaryl/α,β-unsaturated/α-hetero) is 1. The second-order valence-electron chi connectivity index (χ2n) is 10.7. The van der Waals surface area contributed by atoms with E-state index in [4.69, 9.17) is 4.74 Å². The molecule has 1 saturated heterocycles. The molecule has 6 rings (SSSR count). The number of ketones is 1. The maximum atomic E-state index is 12.3. The zero-order valence-corrected chi connectivity index (χ0v) is 21.9. The van der Waals surface area contributed by atoms with E-state index in [1.807, 2.05) is 18.2 Å². The minimum absolute atomic E-state index is 0.0661. The summed E-state index contributed by atoms with van der Waals surface area (Å²) in [6, 6.07) is 19.1. The molecule has 36 heavy (non-hydrogen) atoms. The molecular weight excluding hydrogens is 460 g/mol. The monoisotopic (exact) mass is 492 g/mol. The van der Waals surface area contributed by atoms with Crippen LogP contribution in [0.25, 0.3) is 0 Å². The van der Waals surface area contributed by atoms with Gasteiger partial charge in [-0.3, -0.25) is 4.79 Å². The number of hydrogen-bond acceptors (Lipinski definition) is 3. The van der Waals surface area contributed by atoms with E-state index in [1.54, 1.807) is 11.8 Å². The fraction of sp³-hybridized carbons (Fsp3) is 0.364. The van der Waals surface area contributed by atoms with Gasteiger partial charge in [0, 0.05) is 34.3 Å². The van der Waals surface area contributed by atoms with Crippen LogP contribution in [0, 0.1) is 29.1 Å². The summed E-state index contributed by atoms with van der Waals surface area (Å²) in [6.07, 6.45) is 10.9. The van der Waals surface area contributed by atoms with Crippen molar-refractivity contribution >= 4 is 17.5 Å². The highest BCUT2D eigenvalue weighted by Gasteiger charge is 2.51. The molecule has 182 valence electrons. The van der Waals surface area contributed by atoms with E-state index in [9.17, 15) is 4.79 Å². The summed E-state index contributed by atoms with van der Waals surface area (Å²) in [6.45, 7) is 3.02. The van der Waals surface area contributed by atoms with Gasteiger partial charge < -0.3 is 4.74 Å². The Kier molecular flexibility index (Phi) is 6.28. The van der Waals surface area contributed by atoms with Crippen LogP contribution in [0.15, 0.2) is 93.9 Å². The first kappa shape index (κ1) is 23.6. The average Bonchev–Trinajstić information content (AvgIpc) is 3.17. The summed E-state index contributed by atoms with van der Waals surface area (Å²) in [4.78, 5) is 13.6. The van der Waals surface area contributed by atoms with Crippen LogP contribution in [0.4, 0.5) is 0 Å². The topological polar surface area (TPSA) is 26.3 Å². The van der Waals surface area contributed by atoms with Gasteiger partial charge in [-0.2, -0.15) is 0 Å². The Morgan fingerprint density at radius 2 is 1.78 bits per heavy atom. The van der Waals surface area contributed by atoms with E-state index >= 15 is 0 Å². The van der Waals surface area contributed by atoms with Gasteiger partial charge in [-0.1, -0.05) is 61.2 Å². The third-order valence-electron chi connectivity index (χ3n) is 8.66. The fourth-order valence-corrected chi connectivity index (χ4v) is 7.11. The van der Waals surface area contributed by atoms with E-state index in [1.165, 1.54) is 32.8 Å². The van der Waals surface area contributed by atoms with Crippen LogP contribution in [-0.2, 0) is 9.53 Å². The third kappa shape index (κ3) is 4.11. The fourth-order valence-electron chi connectivity index (χ4n) is 6.70. The van der Waals surface area contributed by atoms with Gasteiger partial charge in [-0.25, -0.2) is 0 Å². The van der Waals surface area contributed by atoms with Crippen LogP contribution in [-0.4, -0.2) is 18.6 Å². The Morgan fingerprint density at radius 1 is 0.972 bits per heavy atom. The van der Waals surface area contributed by atoms with Gasteiger partial charge in [0.2, 0.25) is 0 Å². The van der Waals surface area contributed by atoms with Crippen molar-refractivity contribution in [3.63, 3.8) is 0 Å². The molecule has 2 nitrogen and oxygen atoms in total. The van der Waals surface area contributed by atoms with E-state index in [-0.39, 0.29) is 11.5 Å². The van der Waals surface area contributed by atoms with Gasteiger partial charge in [0.25, 0.3) is 0 Å². The minimum atomic E-state index is -0.123. The normalized spacial score (nSPS) is 29.2. The highest BCUT2D eigenvalue weighted by molar-refractivity contribution is 7.98. The van der Waals surface area contributed by atoms with Crippen molar-refractivity contribution in [1.29, 1.82) is 0 Å². The molecular formula is C33H32O2S. The number of ether oxygens (including phenoxy) is 1. The number of rotatable bonds is 2. The number of hydrogen-bond donors (Lipinski definition) is 0. The molecule has 1 aliphatic heterocycles. The van der Waals surface area contributed by atoms with Crippen LogP contribution in [0.2, 0.25) is 0 Å². The first-order valence-corrected chi connectivity index (χ1v) is 14.3. The molecule has 1 saturated carbocycles. The molecule has 2 fully saturated rings. The molecule has 4 aliphatic rings. The lowest BCUT2D eigenvalue weighted by Gasteiger charge is -2.39. The number of carbonyl (C=O) groups is 1. The largest absolute Gasteiger partial charge is 0.368 e. The predicted octanol–water partition coefficient (Wildman–Crippen LogP) is 7.48. The van der Waals surface area contributed by atoms with E-state index < -0.39 is 0 Å². The van der Waals surface area contributed by atoms with Gasteiger partial charge >= 0.3 is 0 Å². The van der Waals surface area contributed by atoms with E-state index in [0.29, 0.717) is 37.1 Å². The van der Waals surface area contributed by atoms with E-state index in [2.05, 4.69) is 73.6 Å². The molecule has 3 heteroatoms. The zero-order chi connectivity index (χ0) is 24.7. The highest BCUT2D eigenvalue weighted by atomic mass is 32.2. The SMILES string of the molecule is CSc1ccc([C@H]2OC[C@]3(C)C(C#Cc4ccccc4)=CCC3C3CC=C4CC(=O)CCC4=C32)cc1. The standard InChI is InChI=1S/C33H32O2S/c1-33-21-35-32(23-9-15-27(36-2)16-10-23)31-28-18-14-26(34)20-24(28)11-17-29(31)30(33)19-13-25(33)12-8-22-6-4-3-5-7-22/h3-7,9-11,13,15-16,29-30,32H,14,17-21H2,1-2H3/t29?,30?,32-,33-/m1/s1. The van der Waals surface area contributed by atoms with Crippen LogP contribution < -0.4 is 0 Å². The Hall–Kier alpha value is -2.80. The summed E-state index contributed by atoms with van der Waals surface area (Å²) >= 11 is 1.76. The Labute approximate surface area is 218 Å². The van der Waals surface area contributed by atoms with Gasteiger partial charge in [0.05, 0.1) is 6.61 Å².